The minimum atomic E-state index is -0.787. The van der Waals surface area contributed by atoms with Gasteiger partial charge >= 0.3 is 5.97 Å². The molecule has 1 heterocycles. The van der Waals surface area contributed by atoms with E-state index in [1.165, 1.54) is 24.5 Å². The van der Waals surface area contributed by atoms with Crippen LogP contribution in [-0.2, 0) is 14.3 Å². The number of hydrogen-bond donors (Lipinski definition) is 2. The zero-order chi connectivity index (χ0) is 18.2. The Hall–Kier alpha value is -3.16. The average molecular weight is 348 g/mol. The first kappa shape index (κ1) is 18.2. The van der Waals surface area contributed by atoms with Crippen LogP contribution in [0.5, 0.6) is 0 Å². The molecule has 0 saturated carbocycles. The van der Waals surface area contributed by atoms with Gasteiger partial charge in [0.25, 0.3) is 11.8 Å². The summed E-state index contributed by atoms with van der Waals surface area (Å²) in [5.41, 5.74) is 0.0813. The molecule has 132 valence electrons. The van der Waals surface area contributed by atoms with Crippen LogP contribution in [-0.4, -0.2) is 30.9 Å². The molecule has 7 nitrogen and oxygen atoms in total. The molecule has 2 N–H and O–H groups in total. The molecule has 2 rings (SSSR count). The van der Waals surface area contributed by atoms with Crippen molar-refractivity contribution in [1.29, 1.82) is 0 Å². The maximum atomic E-state index is 13.0. The number of hydrogen-bond acceptors (Lipinski definition) is 5. The third-order valence-corrected chi connectivity index (χ3v) is 3.19. The quantitative estimate of drug-likeness (QED) is 0.740. The second-order valence-corrected chi connectivity index (χ2v) is 5.16. The van der Waals surface area contributed by atoms with Gasteiger partial charge in [0.1, 0.15) is 18.1 Å². The molecule has 0 spiro atoms. The molecule has 0 aliphatic rings. The molecule has 0 radical (unpaired) electrons. The highest BCUT2D eigenvalue weighted by molar-refractivity contribution is 5.96. The second-order valence-electron chi connectivity index (χ2n) is 5.16. The fourth-order valence-electron chi connectivity index (χ4n) is 1.97. The van der Waals surface area contributed by atoms with Crippen LogP contribution >= 0.6 is 0 Å². The summed E-state index contributed by atoms with van der Waals surface area (Å²) in [6.07, 6.45) is 1.49. The van der Waals surface area contributed by atoms with Gasteiger partial charge < -0.3 is 19.8 Å². The lowest BCUT2D eigenvalue weighted by atomic mass is 10.2. The van der Waals surface area contributed by atoms with E-state index in [9.17, 15) is 18.8 Å². The molecule has 1 atom stereocenters. The largest absolute Gasteiger partial charge is 0.467 e. The first-order chi connectivity index (χ1) is 12.0. The normalized spacial score (nSPS) is 11.4. The van der Waals surface area contributed by atoms with Gasteiger partial charge in [-0.25, -0.2) is 4.39 Å². The van der Waals surface area contributed by atoms with E-state index < -0.39 is 36.8 Å². The van der Waals surface area contributed by atoms with Crippen LogP contribution in [0.15, 0.2) is 47.1 Å². The van der Waals surface area contributed by atoms with Crippen molar-refractivity contribution in [1.82, 2.24) is 10.6 Å². The maximum absolute atomic E-state index is 13.0. The number of carbonyl (C=O) groups is 3. The van der Waals surface area contributed by atoms with Gasteiger partial charge in [0, 0.05) is 5.56 Å². The number of ether oxygens (including phenoxy) is 1. The van der Waals surface area contributed by atoms with Crippen LogP contribution in [0.2, 0.25) is 0 Å². The standard InChI is InChI=1S/C17H17FN2O5/c1-11(14-6-3-7-24-14)20-15(21)10-25-16(22)9-19-17(23)12-4-2-5-13(18)8-12/h2-8,11H,9-10H2,1H3,(H,19,23)(H,20,21)/t11-/m1/s1. The molecule has 8 heteroatoms. The van der Waals surface area contributed by atoms with Crippen molar-refractivity contribution in [2.24, 2.45) is 0 Å². The van der Waals surface area contributed by atoms with Gasteiger partial charge in [-0.1, -0.05) is 6.07 Å². The number of nitrogens with one attached hydrogen (secondary N) is 2. The Morgan fingerprint density at radius 1 is 1.24 bits per heavy atom. The van der Waals surface area contributed by atoms with Gasteiger partial charge in [-0.05, 0) is 37.3 Å². The lowest BCUT2D eigenvalue weighted by Crippen LogP contribution is -2.34. The summed E-state index contributed by atoms with van der Waals surface area (Å²) in [5, 5.41) is 4.88. The molecule has 2 aromatic rings. The van der Waals surface area contributed by atoms with E-state index in [0.717, 1.165) is 6.07 Å². The summed E-state index contributed by atoms with van der Waals surface area (Å²) >= 11 is 0. The molecule has 1 aromatic carbocycles. The number of furan rings is 1. The Morgan fingerprint density at radius 2 is 2.04 bits per heavy atom. The van der Waals surface area contributed by atoms with E-state index in [4.69, 9.17) is 9.15 Å². The molecule has 0 saturated heterocycles. The lowest BCUT2D eigenvalue weighted by molar-refractivity contribution is -0.147. The van der Waals surface area contributed by atoms with E-state index in [0.29, 0.717) is 5.76 Å². The number of carbonyl (C=O) groups excluding carboxylic acids is 3. The van der Waals surface area contributed by atoms with Gasteiger partial charge in [-0.3, -0.25) is 14.4 Å². The van der Waals surface area contributed by atoms with Crippen LogP contribution in [0.1, 0.15) is 29.1 Å². The smallest absolute Gasteiger partial charge is 0.325 e. The lowest BCUT2D eigenvalue weighted by Gasteiger charge is -2.11. The molecule has 1 aromatic heterocycles. The van der Waals surface area contributed by atoms with Crippen molar-refractivity contribution in [2.75, 3.05) is 13.2 Å². The number of halogens is 1. The molecule has 25 heavy (non-hydrogen) atoms. The van der Waals surface area contributed by atoms with Gasteiger partial charge in [0.15, 0.2) is 6.61 Å². The van der Waals surface area contributed by atoms with Crippen molar-refractivity contribution in [3.63, 3.8) is 0 Å². The van der Waals surface area contributed by atoms with E-state index in [-0.39, 0.29) is 11.6 Å². The van der Waals surface area contributed by atoms with Crippen LogP contribution < -0.4 is 10.6 Å². The van der Waals surface area contributed by atoms with Crippen molar-refractivity contribution in [2.45, 2.75) is 13.0 Å². The number of esters is 1. The second kappa shape index (κ2) is 8.62. The van der Waals surface area contributed by atoms with Crippen LogP contribution in [0, 0.1) is 5.82 Å². The average Bonchev–Trinajstić information content (AvgIpc) is 3.12. The summed E-state index contributed by atoms with van der Waals surface area (Å²) in [7, 11) is 0. The zero-order valence-corrected chi connectivity index (χ0v) is 13.5. The van der Waals surface area contributed by atoms with Crippen LogP contribution in [0.4, 0.5) is 4.39 Å². The molecule has 2 amide bonds. The molecule has 0 unspecified atom stereocenters. The SMILES string of the molecule is C[C@@H](NC(=O)COC(=O)CNC(=O)c1cccc(F)c1)c1ccco1. The molecular weight excluding hydrogens is 331 g/mol. The van der Waals surface area contributed by atoms with Crippen molar-refractivity contribution >= 4 is 17.8 Å². The minimum Gasteiger partial charge on any atom is -0.467 e. The fourth-order valence-corrected chi connectivity index (χ4v) is 1.97. The maximum Gasteiger partial charge on any atom is 0.325 e. The molecule has 0 fully saturated rings. The van der Waals surface area contributed by atoms with E-state index in [1.54, 1.807) is 19.1 Å². The van der Waals surface area contributed by atoms with Crippen LogP contribution in [0.3, 0.4) is 0 Å². The summed E-state index contributed by atoms with van der Waals surface area (Å²) in [4.78, 5) is 35.0. The first-order valence-electron chi connectivity index (χ1n) is 7.48. The Bertz CT molecular complexity index is 745. The Kier molecular flexibility index (Phi) is 6.27. The van der Waals surface area contributed by atoms with Crippen LogP contribution in [0.25, 0.3) is 0 Å². The Balaban J connectivity index is 1.70. The first-order valence-corrected chi connectivity index (χ1v) is 7.48. The molecule has 0 aliphatic heterocycles. The third kappa shape index (κ3) is 5.76. The van der Waals surface area contributed by atoms with E-state index in [2.05, 4.69) is 10.6 Å². The zero-order valence-electron chi connectivity index (χ0n) is 13.5. The monoisotopic (exact) mass is 348 g/mol. The van der Waals surface area contributed by atoms with E-state index in [1.807, 2.05) is 0 Å². The van der Waals surface area contributed by atoms with Gasteiger partial charge in [-0.15, -0.1) is 0 Å². The predicted molar refractivity (Wildman–Crippen MR) is 85.0 cm³/mol. The summed E-state index contributed by atoms with van der Waals surface area (Å²) in [6, 6.07) is 8.07. The highest BCUT2D eigenvalue weighted by Gasteiger charge is 2.14. The molecule has 0 bridgehead atoms. The summed E-state index contributed by atoms with van der Waals surface area (Å²) < 4.78 is 22.9. The Labute approximate surface area is 143 Å². The Morgan fingerprint density at radius 3 is 2.72 bits per heavy atom. The minimum absolute atomic E-state index is 0.0813. The van der Waals surface area contributed by atoms with Gasteiger partial charge in [-0.2, -0.15) is 0 Å². The van der Waals surface area contributed by atoms with Crippen molar-refractivity contribution < 1.29 is 27.9 Å². The molecular formula is C17H17FN2O5. The number of rotatable bonds is 7. The van der Waals surface area contributed by atoms with Gasteiger partial charge in [0.2, 0.25) is 0 Å². The highest BCUT2D eigenvalue weighted by atomic mass is 19.1. The number of benzene rings is 1. The highest BCUT2D eigenvalue weighted by Crippen LogP contribution is 2.11. The summed E-state index contributed by atoms with van der Waals surface area (Å²) in [6.45, 7) is 0.799. The predicted octanol–water partition coefficient (Wildman–Crippen LogP) is 1.57. The third-order valence-electron chi connectivity index (χ3n) is 3.19. The molecule has 0 aliphatic carbocycles. The number of amides is 2. The summed E-state index contributed by atoms with van der Waals surface area (Å²) in [5.74, 6) is -1.90. The topological polar surface area (TPSA) is 97.6 Å². The van der Waals surface area contributed by atoms with Gasteiger partial charge in [0.05, 0.1) is 12.3 Å². The fraction of sp³-hybridized carbons (Fsp3) is 0.235. The van der Waals surface area contributed by atoms with Crippen molar-refractivity contribution in [3.8, 4) is 0 Å². The van der Waals surface area contributed by atoms with E-state index >= 15 is 0 Å². The van der Waals surface area contributed by atoms with Crippen molar-refractivity contribution in [3.05, 3.63) is 59.8 Å².